The minimum Gasteiger partial charge on any atom is -0.462 e. The van der Waals surface area contributed by atoms with Crippen molar-refractivity contribution in [1.29, 1.82) is 0 Å². The van der Waals surface area contributed by atoms with Crippen LogP contribution in [-0.2, 0) is 25.0 Å². The number of nitrogens with zero attached hydrogens (tertiary/aromatic N) is 9. The van der Waals surface area contributed by atoms with Crippen LogP contribution < -0.4 is 30.3 Å². The summed E-state index contributed by atoms with van der Waals surface area (Å²) in [5, 5.41) is 17.9. The molecule has 2 aromatic carbocycles. The molecule has 0 atom stereocenters. The zero-order valence-electron chi connectivity index (χ0n) is 32.2. The molecule has 22 nitrogen and oxygen atoms in total. The summed E-state index contributed by atoms with van der Waals surface area (Å²) >= 11 is 0. The Morgan fingerprint density at radius 2 is 1.21 bits per heavy atom. The average molecular weight is 847 g/mol. The first-order valence-corrected chi connectivity index (χ1v) is 20.7. The molecule has 0 saturated carbocycles. The van der Waals surface area contributed by atoms with Crippen LogP contribution in [-0.4, -0.2) is 165 Å². The summed E-state index contributed by atoms with van der Waals surface area (Å²) in [5.41, 5.74) is 0.312. The van der Waals surface area contributed by atoms with E-state index in [1.54, 1.807) is 0 Å². The van der Waals surface area contributed by atoms with Crippen LogP contribution in [0, 0.1) is 0 Å². The zero-order valence-corrected chi connectivity index (χ0v) is 33.9. The first-order chi connectivity index (χ1) is 27.6. The Labute approximate surface area is 335 Å². The quantitative estimate of drug-likeness (QED) is 0.0540. The van der Waals surface area contributed by atoms with Crippen LogP contribution in [0.2, 0.25) is 0 Å². The summed E-state index contributed by atoms with van der Waals surface area (Å²) in [6.45, 7) is 3.67. The van der Waals surface area contributed by atoms with Crippen molar-refractivity contribution in [2.24, 2.45) is 0 Å². The SMILES string of the molecule is CN(C)CCOc1nc(NCCO)nc(Nc2ccc(/C=C/c3ccc(Nc4nc(OCCN(C)C)nc(N5CCOCC5)n4)cc3S(=O)(=O)O)c(S(=O)(=O)O)c2)n1. The molecule has 314 valence electrons. The molecule has 0 unspecified atom stereocenters. The van der Waals surface area contributed by atoms with Gasteiger partial charge in [0, 0.05) is 44.1 Å². The van der Waals surface area contributed by atoms with Crippen molar-refractivity contribution in [2.45, 2.75) is 9.79 Å². The highest BCUT2D eigenvalue weighted by Gasteiger charge is 2.21. The van der Waals surface area contributed by atoms with Gasteiger partial charge in [0.05, 0.1) is 19.8 Å². The second-order valence-corrected chi connectivity index (χ2v) is 15.9. The highest BCUT2D eigenvalue weighted by Crippen LogP contribution is 2.29. The van der Waals surface area contributed by atoms with Gasteiger partial charge in [0.25, 0.3) is 20.2 Å². The number of aliphatic hydroxyl groups is 1. The molecule has 1 aliphatic heterocycles. The Hall–Kier alpha value is -5.34. The van der Waals surface area contributed by atoms with Gasteiger partial charge in [0.1, 0.15) is 23.0 Å². The van der Waals surface area contributed by atoms with E-state index in [0.29, 0.717) is 51.9 Å². The highest BCUT2D eigenvalue weighted by molar-refractivity contribution is 7.86. The van der Waals surface area contributed by atoms with Crippen LogP contribution in [0.5, 0.6) is 12.0 Å². The predicted molar refractivity (Wildman–Crippen MR) is 214 cm³/mol. The number of nitrogens with one attached hydrogen (secondary N) is 3. The lowest BCUT2D eigenvalue weighted by Crippen LogP contribution is -2.37. The predicted octanol–water partition coefficient (Wildman–Crippen LogP) is 1.33. The third kappa shape index (κ3) is 13.1. The molecular formula is C34H46N12O10S2. The summed E-state index contributed by atoms with van der Waals surface area (Å²) in [6.07, 6.45) is 2.53. The van der Waals surface area contributed by atoms with Gasteiger partial charge in [-0.2, -0.15) is 46.7 Å². The van der Waals surface area contributed by atoms with Gasteiger partial charge in [0.15, 0.2) is 0 Å². The topological polar surface area (TPSA) is 280 Å². The second kappa shape index (κ2) is 19.9. The monoisotopic (exact) mass is 846 g/mol. The molecule has 58 heavy (non-hydrogen) atoms. The van der Waals surface area contributed by atoms with Gasteiger partial charge in [-0.1, -0.05) is 24.3 Å². The molecule has 5 rings (SSSR count). The molecule has 1 aliphatic rings. The second-order valence-electron chi connectivity index (χ2n) is 13.1. The number of hydrogen-bond acceptors (Lipinski definition) is 20. The van der Waals surface area contributed by atoms with Crippen LogP contribution in [0.15, 0.2) is 46.2 Å². The van der Waals surface area contributed by atoms with Crippen molar-refractivity contribution in [3.05, 3.63) is 47.5 Å². The maximum absolute atomic E-state index is 12.6. The third-order valence-electron chi connectivity index (χ3n) is 7.98. The number of aromatic nitrogens is 6. The molecule has 1 saturated heterocycles. The van der Waals surface area contributed by atoms with Crippen LogP contribution in [0.25, 0.3) is 12.2 Å². The number of anilines is 6. The van der Waals surface area contributed by atoms with Crippen molar-refractivity contribution in [1.82, 2.24) is 39.7 Å². The molecule has 0 bridgehead atoms. The van der Waals surface area contributed by atoms with E-state index in [-0.39, 0.29) is 72.1 Å². The van der Waals surface area contributed by atoms with Crippen LogP contribution in [0.3, 0.4) is 0 Å². The number of aliphatic hydroxyl groups excluding tert-OH is 1. The molecule has 3 heterocycles. The number of benzene rings is 2. The third-order valence-corrected chi connectivity index (χ3v) is 9.80. The standard InChI is InChI=1S/C34H46N12O10S2/c1-44(2)12-19-55-33-40-29(35-11-16-47)38-30(41-33)36-25-9-7-23(27(21-25)57(48,49)50)5-6-24-8-10-26(22-28(24)58(51,52)53)37-31-39-32(46-14-17-54-18-15-46)43-34(42-31)56-20-13-45(3)4/h5-10,21-22,47H,11-20H2,1-4H3,(H,48,49,50)(H,51,52,53)(H,37,39,42,43)(H2,35,36,38,40,41)/b6-5+. The van der Waals surface area contributed by atoms with Crippen molar-refractivity contribution >= 4 is 67.6 Å². The Bertz CT molecular complexity index is 2280. The number of hydrogen-bond donors (Lipinski definition) is 6. The fraction of sp³-hybridized carbons (Fsp3) is 0.412. The zero-order chi connectivity index (χ0) is 41.9. The van der Waals surface area contributed by atoms with Gasteiger partial charge < -0.3 is 50.0 Å². The van der Waals surface area contributed by atoms with Gasteiger partial charge in [-0.05, 0) is 63.6 Å². The lowest BCUT2D eigenvalue weighted by atomic mass is 10.1. The first-order valence-electron chi connectivity index (χ1n) is 17.8. The van der Waals surface area contributed by atoms with Crippen LogP contribution in [0.1, 0.15) is 11.1 Å². The number of likely N-dealkylation sites (N-methyl/N-ethyl adjacent to an activating group) is 2. The molecule has 4 aromatic rings. The summed E-state index contributed by atoms with van der Waals surface area (Å²) in [5.74, 6) is 0.426. The minimum atomic E-state index is -4.84. The van der Waals surface area contributed by atoms with Gasteiger partial charge in [-0.3, -0.25) is 9.11 Å². The summed E-state index contributed by atoms with van der Waals surface area (Å²) in [6, 6.07) is 8.02. The van der Waals surface area contributed by atoms with E-state index in [9.17, 15) is 31.0 Å². The number of ether oxygens (including phenoxy) is 3. The summed E-state index contributed by atoms with van der Waals surface area (Å²) in [7, 11) is -2.15. The molecular weight excluding hydrogens is 801 g/mol. The largest absolute Gasteiger partial charge is 0.462 e. The highest BCUT2D eigenvalue weighted by atomic mass is 32.2. The van der Waals surface area contributed by atoms with E-state index in [4.69, 9.17) is 14.2 Å². The Balaban J connectivity index is 1.41. The maximum atomic E-state index is 12.6. The van der Waals surface area contributed by atoms with E-state index in [0.717, 1.165) is 12.1 Å². The van der Waals surface area contributed by atoms with E-state index < -0.39 is 30.0 Å². The first kappa shape index (κ1) is 43.8. The molecule has 0 aliphatic carbocycles. The minimum absolute atomic E-state index is 0.0104. The van der Waals surface area contributed by atoms with Gasteiger partial charge in [-0.25, -0.2) is 0 Å². The Kier molecular flexibility index (Phi) is 15.0. The van der Waals surface area contributed by atoms with E-state index >= 15 is 0 Å². The lowest BCUT2D eigenvalue weighted by molar-refractivity contribution is 0.122. The molecule has 6 N–H and O–H groups in total. The Morgan fingerprint density at radius 3 is 1.69 bits per heavy atom. The lowest BCUT2D eigenvalue weighted by Gasteiger charge is -2.27. The van der Waals surface area contributed by atoms with Crippen molar-refractivity contribution in [3.63, 3.8) is 0 Å². The van der Waals surface area contributed by atoms with Gasteiger partial charge in [0.2, 0.25) is 23.8 Å². The maximum Gasteiger partial charge on any atom is 0.323 e. The summed E-state index contributed by atoms with van der Waals surface area (Å²) < 4.78 is 87.6. The molecule has 0 spiro atoms. The van der Waals surface area contributed by atoms with Crippen LogP contribution >= 0.6 is 0 Å². The Morgan fingerprint density at radius 1 is 0.724 bits per heavy atom. The molecule has 1 fully saturated rings. The van der Waals surface area contributed by atoms with E-state index in [1.165, 1.54) is 36.4 Å². The number of morpholine rings is 1. The molecule has 0 radical (unpaired) electrons. The smallest absolute Gasteiger partial charge is 0.323 e. The molecule has 24 heteroatoms. The average Bonchev–Trinajstić information content (AvgIpc) is 3.16. The molecule has 2 aromatic heterocycles. The summed E-state index contributed by atoms with van der Waals surface area (Å²) in [4.78, 5) is 30.6. The van der Waals surface area contributed by atoms with E-state index in [1.807, 2.05) is 42.9 Å². The fourth-order valence-corrected chi connectivity index (χ4v) is 6.54. The van der Waals surface area contributed by atoms with Gasteiger partial charge in [-0.15, -0.1) is 0 Å². The van der Waals surface area contributed by atoms with Crippen molar-refractivity contribution in [2.75, 3.05) is 115 Å². The van der Waals surface area contributed by atoms with E-state index in [2.05, 4.69) is 45.9 Å². The van der Waals surface area contributed by atoms with Gasteiger partial charge >= 0.3 is 12.0 Å². The number of rotatable bonds is 20. The normalized spacial score (nSPS) is 13.6. The van der Waals surface area contributed by atoms with Crippen molar-refractivity contribution in [3.8, 4) is 12.0 Å². The van der Waals surface area contributed by atoms with Crippen molar-refractivity contribution < 1.29 is 45.3 Å². The van der Waals surface area contributed by atoms with Crippen LogP contribution in [0.4, 0.5) is 35.2 Å². The fourth-order valence-electron chi connectivity index (χ4n) is 5.12. The molecule has 0 amide bonds.